The van der Waals surface area contributed by atoms with E-state index in [-0.39, 0.29) is 29.6 Å². The van der Waals surface area contributed by atoms with Gasteiger partial charge < -0.3 is 10.2 Å². The molecule has 0 bridgehead atoms. The van der Waals surface area contributed by atoms with Gasteiger partial charge in [-0.2, -0.15) is 13.2 Å². The average Bonchev–Trinajstić information content (AvgIpc) is 2.92. The Morgan fingerprint density at radius 2 is 1.56 bits per heavy atom. The van der Waals surface area contributed by atoms with Crippen LogP contribution in [0.2, 0.25) is 0 Å². The second-order valence-corrected chi connectivity index (χ2v) is 11.8. The number of alkyl halides is 3. The molecular weight excluding hydrogens is 555 g/mol. The molecule has 0 saturated carbocycles. The highest BCUT2D eigenvalue weighted by molar-refractivity contribution is 7.92. The van der Waals surface area contributed by atoms with Crippen LogP contribution in [0.4, 0.5) is 18.9 Å². The zero-order valence-electron chi connectivity index (χ0n) is 23.4. The number of benzene rings is 3. The molecule has 11 heteroatoms. The molecule has 0 radical (unpaired) electrons. The molecule has 3 aromatic rings. The van der Waals surface area contributed by atoms with Crippen LogP contribution in [0.1, 0.15) is 43.9 Å². The quantitative estimate of drug-likeness (QED) is 0.318. The third-order valence-corrected chi connectivity index (χ3v) is 8.15. The maximum absolute atomic E-state index is 14.0. The Kier molecular flexibility index (Phi) is 10.2. The Morgan fingerprint density at radius 3 is 2.12 bits per heavy atom. The van der Waals surface area contributed by atoms with Crippen LogP contribution < -0.4 is 9.62 Å². The lowest BCUT2D eigenvalue weighted by Gasteiger charge is -2.33. The van der Waals surface area contributed by atoms with Crippen LogP contribution >= 0.6 is 0 Å². The number of sulfonamides is 1. The summed E-state index contributed by atoms with van der Waals surface area (Å²) in [6.45, 7) is 6.35. The van der Waals surface area contributed by atoms with Gasteiger partial charge in [-0.25, -0.2) is 8.42 Å². The minimum absolute atomic E-state index is 0.00898. The van der Waals surface area contributed by atoms with Gasteiger partial charge in [0, 0.05) is 12.6 Å². The number of carbonyl (C=O) groups is 2. The van der Waals surface area contributed by atoms with Gasteiger partial charge in [0.15, 0.2) is 0 Å². The second-order valence-electron chi connectivity index (χ2n) is 9.97. The van der Waals surface area contributed by atoms with Crippen molar-refractivity contribution in [2.75, 3.05) is 10.8 Å². The summed E-state index contributed by atoms with van der Waals surface area (Å²) in [5.41, 5.74) is 0.305. The molecule has 0 aliphatic carbocycles. The summed E-state index contributed by atoms with van der Waals surface area (Å²) in [7, 11) is -4.48. The van der Waals surface area contributed by atoms with Crippen molar-refractivity contribution in [3.63, 3.8) is 0 Å². The van der Waals surface area contributed by atoms with Gasteiger partial charge in [-0.15, -0.1) is 0 Å². The van der Waals surface area contributed by atoms with E-state index in [0.29, 0.717) is 15.9 Å². The van der Waals surface area contributed by atoms with Gasteiger partial charge >= 0.3 is 6.18 Å². The van der Waals surface area contributed by atoms with Crippen molar-refractivity contribution in [2.24, 2.45) is 0 Å². The molecule has 0 aromatic heterocycles. The van der Waals surface area contributed by atoms with Crippen molar-refractivity contribution >= 4 is 27.5 Å². The van der Waals surface area contributed by atoms with Gasteiger partial charge in [-0.1, -0.05) is 61.0 Å². The fraction of sp³-hybridized carbons (Fsp3) is 0.333. The maximum Gasteiger partial charge on any atom is 0.416 e. The van der Waals surface area contributed by atoms with Crippen molar-refractivity contribution in [3.8, 4) is 0 Å². The van der Waals surface area contributed by atoms with Crippen molar-refractivity contribution in [3.05, 3.63) is 95.6 Å². The van der Waals surface area contributed by atoms with E-state index < -0.39 is 46.2 Å². The van der Waals surface area contributed by atoms with Crippen LogP contribution in [0.3, 0.4) is 0 Å². The van der Waals surface area contributed by atoms with E-state index in [0.717, 1.165) is 17.7 Å². The van der Waals surface area contributed by atoms with Crippen LogP contribution in [-0.2, 0) is 32.3 Å². The smallest absolute Gasteiger partial charge is 0.352 e. The molecular formula is C30H34F3N3O4S. The van der Waals surface area contributed by atoms with E-state index in [1.807, 2.05) is 19.1 Å². The number of halogens is 3. The Morgan fingerprint density at radius 1 is 0.927 bits per heavy atom. The lowest BCUT2D eigenvalue weighted by atomic mass is 10.1. The predicted octanol–water partition coefficient (Wildman–Crippen LogP) is 5.54. The number of hydrogen-bond donors (Lipinski definition) is 1. The molecule has 3 rings (SSSR count). The average molecular weight is 590 g/mol. The number of hydrogen-bond acceptors (Lipinski definition) is 4. The van der Waals surface area contributed by atoms with Crippen molar-refractivity contribution in [1.82, 2.24) is 10.2 Å². The summed E-state index contributed by atoms with van der Waals surface area (Å²) >= 11 is 0. The molecule has 3 aromatic carbocycles. The Balaban J connectivity index is 2.10. The van der Waals surface area contributed by atoms with E-state index in [4.69, 9.17) is 0 Å². The molecule has 0 aliphatic rings. The van der Waals surface area contributed by atoms with Gasteiger partial charge in [0.1, 0.15) is 12.6 Å². The zero-order valence-corrected chi connectivity index (χ0v) is 24.2. The SMILES string of the molecule is CC[C@H](C(=O)NC(C)C)N(Cc1ccc(C)cc1)C(=O)CN(c1cccc(C(F)(F)F)c1)S(=O)(=O)c1ccccc1. The standard InChI is InChI=1S/C30H34F3N3O4S/c1-5-27(29(38)34-21(2)3)35(19-23-16-14-22(4)15-17-23)28(37)20-36(41(39,40)26-12-7-6-8-13-26)25-11-9-10-24(18-25)30(31,32)33/h6-18,21,27H,5,19-20H2,1-4H3,(H,34,38)/t27-/m1/s1. The molecule has 0 saturated heterocycles. The third kappa shape index (κ3) is 8.09. The Bertz CT molecular complexity index is 1440. The van der Waals surface area contributed by atoms with Crippen LogP contribution in [0.25, 0.3) is 0 Å². The van der Waals surface area contributed by atoms with Crippen molar-refractivity contribution < 1.29 is 31.2 Å². The lowest BCUT2D eigenvalue weighted by Crippen LogP contribution is -2.53. The van der Waals surface area contributed by atoms with E-state index in [2.05, 4.69) is 5.32 Å². The van der Waals surface area contributed by atoms with Crippen LogP contribution in [0, 0.1) is 6.92 Å². The van der Waals surface area contributed by atoms with Gasteiger partial charge in [0.05, 0.1) is 16.1 Å². The summed E-state index contributed by atoms with van der Waals surface area (Å²) < 4.78 is 68.9. The molecule has 0 fully saturated rings. The highest BCUT2D eigenvalue weighted by atomic mass is 32.2. The maximum atomic E-state index is 14.0. The number of carbonyl (C=O) groups excluding carboxylic acids is 2. The molecule has 1 atom stereocenters. The predicted molar refractivity (Wildman–Crippen MR) is 152 cm³/mol. The van der Waals surface area contributed by atoms with Crippen LogP contribution in [0.5, 0.6) is 0 Å². The van der Waals surface area contributed by atoms with Gasteiger partial charge in [0.2, 0.25) is 11.8 Å². The molecule has 0 heterocycles. The minimum atomic E-state index is -4.73. The number of nitrogens with zero attached hydrogens (tertiary/aromatic N) is 2. The second kappa shape index (κ2) is 13.2. The summed E-state index contributed by atoms with van der Waals surface area (Å²) in [6, 6.07) is 17.1. The van der Waals surface area contributed by atoms with Crippen LogP contribution in [0.15, 0.2) is 83.8 Å². The number of anilines is 1. The van der Waals surface area contributed by atoms with Crippen molar-refractivity contribution in [2.45, 2.75) is 63.8 Å². The first-order valence-electron chi connectivity index (χ1n) is 13.1. The van der Waals surface area contributed by atoms with Gasteiger partial charge in [0.25, 0.3) is 10.0 Å². The Hall–Kier alpha value is -3.86. The largest absolute Gasteiger partial charge is 0.416 e. The first-order chi connectivity index (χ1) is 19.2. The highest BCUT2D eigenvalue weighted by Gasteiger charge is 2.36. The van der Waals surface area contributed by atoms with Gasteiger partial charge in [-0.05, 0) is 63.1 Å². The van der Waals surface area contributed by atoms with E-state index in [1.165, 1.54) is 35.2 Å². The van der Waals surface area contributed by atoms with Gasteiger partial charge in [-0.3, -0.25) is 13.9 Å². The van der Waals surface area contributed by atoms with Crippen molar-refractivity contribution in [1.29, 1.82) is 0 Å². The summed E-state index contributed by atoms with van der Waals surface area (Å²) in [4.78, 5) is 28.2. The fourth-order valence-corrected chi connectivity index (χ4v) is 5.70. The highest BCUT2D eigenvalue weighted by Crippen LogP contribution is 2.33. The zero-order chi connectivity index (χ0) is 30.4. The number of rotatable bonds is 11. The lowest BCUT2D eigenvalue weighted by molar-refractivity contribution is -0.140. The summed E-state index contributed by atoms with van der Waals surface area (Å²) in [6.07, 6.45) is -4.51. The number of aryl methyl sites for hydroxylation is 1. The van der Waals surface area contributed by atoms with E-state index in [1.54, 1.807) is 39.0 Å². The number of amides is 2. The molecule has 0 aliphatic heterocycles. The topological polar surface area (TPSA) is 86.8 Å². The van der Waals surface area contributed by atoms with E-state index >= 15 is 0 Å². The third-order valence-electron chi connectivity index (χ3n) is 6.36. The number of nitrogens with one attached hydrogen (secondary N) is 1. The summed E-state index contributed by atoms with van der Waals surface area (Å²) in [5, 5.41) is 2.80. The molecule has 1 N–H and O–H groups in total. The van der Waals surface area contributed by atoms with Crippen LogP contribution in [-0.4, -0.2) is 43.8 Å². The first-order valence-corrected chi connectivity index (χ1v) is 14.6. The molecule has 2 amide bonds. The molecule has 220 valence electrons. The van der Waals surface area contributed by atoms with E-state index in [9.17, 15) is 31.2 Å². The fourth-order valence-electron chi connectivity index (χ4n) is 4.28. The Labute approximate surface area is 239 Å². The molecule has 7 nitrogen and oxygen atoms in total. The monoisotopic (exact) mass is 589 g/mol. The molecule has 0 unspecified atom stereocenters. The molecule has 0 spiro atoms. The molecule has 41 heavy (non-hydrogen) atoms. The minimum Gasteiger partial charge on any atom is -0.352 e. The summed E-state index contributed by atoms with van der Waals surface area (Å²) in [5.74, 6) is -1.16. The first kappa shape index (κ1) is 31.7. The normalized spacial score (nSPS) is 12.6.